The van der Waals surface area contributed by atoms with E-state index in [9.17, 15) is 43.8 Å². The molecule has 5 heterocycles. The molecule has 4 amide bonds. The zero-order valence-electron chi connectivity index (χ0n) is 34.4. The van der Waals surface area contributed by atoms with E-state index in [1.165, 1.54) is 4.90 Å². The highest BCUT2D eigenvalue weighted by atomic mass is 16.5. The lowest BCUT2D eigenvalue weighted by Crippen LogP contribution is -2.56. The van der Waals surface area contributed by atoms with E-state index < -0.39 is 35.5 Å². The number of para-hydroxylation sites is 2. The number of hydrogen-bond donors (Lipinski definition) is 5. The molecular weight excluding hydrogens is 780 g/mol. The minimum Gasteiger partial charge on any atom is -0.487 e. The fourth-order valence-electron chi connectivity index (χ4n) is 8.39. The lowest BCUT2D eigenvalue weighted by Gasteiger charge is -2.41. The van der Waals surface area contributed by atoms with Crippen molar-refractivity contribution in [2.24, 2.45) is 0 Å². The second-order valence-electron chi connectivity index (χ2n) is 15.0. The molecule has 5 aliphatic heterocycles. The molecule has 0 saturated carbocycles. The number of carbonyl (C=O) groups is 7. The van der Waals surface area contributed by atoms with Gasteiger partial charge in [-0.15, -0.1) is 0 Å². The van der Waals surface area contributed by atoms with Crippen LogP contribution in [-0.2, 0) is 33.6 Å². The van der Waals surface area contributed by atoms with Crippen molar-refractivity contribution < 1.29 is 58.4 Å². The van der Waals surface area contributed by atoms with Crippen molar-refractivity contribution in [2.45, 2.75) is 88.8 Å². The molecule has 326 valence electrons. The van der Waals surface area contributed by atoms with Gasteiger partial charge in [-0.05, 0) is 68.5 Å². The highest BCUT2D eigenvalue weighted by molar-refractivity contribution is 6.08. The lowest BCUT2D eigenvalue weighted by molar-refractivity contribution is -0.160. The number of aliphatic hydroxyl groups is 1. The normalized spacial score (nSPS) is 20.6. The first-order valence-electron chi connectivity index (χ1n) is 20.6. The Hall–Kier alpha value is -5.75. The minimum absolute atomic E-state index is 0.0356. The molecule has 2 aromatic carbocycles. The quantitative estimate of drug-likeness (QED) is 0.161. The zero-order valence-corrected chi connectivity index (χ0v) is 34.4. The highest BCUT2D eigenvalue weighted by Gasteiger charge is 2.42. The van der Waals surface area contributed by atoms with Gasteiger partial charge in [-0.25, -0.2) is 4.79 Å². The Morgan fingerprint density at radius 2 is 1.58 bits per heavy atom. The van der Waals surface area contributed by atoms with Gasteiger partial charge in [-0.1, -0.05) is 32.0 Å². The SMILES string of the molecule is CC.CNC(=O)C(CCC=O)N1CCOc2c(N3CCC(O)(C(=O)O)CC3)cccc21.O=C(O)CN1CCC(c2cccc3c2OCC(=O)N3C2CCC(=O)NC2=O)CC1. The number of hydrogen-bond acceptors (Lipinski definition) is 13. The molecule has 0 aliphatic carbocycles. The van der Waals surface area contributed by atoms with Gasteiger partial charge in [0, 0.05) is 45.8 Å². The van der Waals surface area contributed by atoms with Crippen molar-refractivity contribution in [3.63, 3.8) is 0 Å². The predicted octanol–water partition coefficient (Wildman–Crippen LogP) is 1.90. The van der Waals surface area contributed by atoms with E-state index in [1.54, 1.807) is 13.1 Å². The summed E-state index contributed by atoms with van der Waals surface area (Å²) in [5.74, 6) is -1.85. The van der Waals surface area contributed by atoms with Crippen molar-refractivity contribution in [3.05, 3.63) is 42.0 Å². The number of carboxylic acids is 2. The van der Waals surface area contributed by atoms with E-state index in [-0.39, 0.29) is 68.9 Å². The molecule has 2 unspecified atom stereocenters. The van der Waals surface area contributed by atoms with E-state index in [1.807, 2.05) is 58.9 Å². The fourth-order valence-corrected chi connectivity index (χ4v) is 8.39. The number of anilines is 3. The third-order valence-electron chi connectivity index (χ3n) is 11.5. The van der Waals surface area contributed by atoms with E-state index in [0.29, 0.717) is 62.9 Å². The number of carboxylic acid groups (broad SMARTS) is 2. The van der Waals surface area contributed by atoms with Gasteiger partial charge in [-0.2, -0.15) is 0 Å². The molecule has 5 aliphatic rings. The van der Waals surface area contributed by atoms with Crippen LogP contribution in [0.4, 0.5) is 17.1 Å². The lowest BCUT2D eigenvalue weighted by atomic mass is 9.87. The van der Waals surface area contributed by atoms with Crippen LogP contribution in [0.15, 0.2) is 36.4 Å². The van der Waals surface area contributed by atoms with Crippen LogP contribution in [0.3, 0.4) is 0 Å². The number of imide groups is 1. The number of piperidine rings is 3. The maximum Gasteiger partial charge on any atom is 0.335 e. The number of aliphatic carboxylic acids is 2. The third kappa shape index (κ3) is 10.2. The molecule has 3 fully saturated rings. The Kier molecular flexibility index (Phi) is 15.5. The smallest absolute Gasteiger partial charge is 0.335 e. The summed E-state index contributed by atoms with van der Waals surface area (Å²) in [6.45, 7) is 6.91. The van der Waals surface area contributed by atoms with Gasteiger partial charge in [0.2, 0.25) is 17.7 Å². The minimum atomic E-state index is -1.70. The van der Waals surface area contributed by atoms with E-state index in [2.05, 4.69) is 10.6 Å². The van der Waals surface area contributed by atoms with Gasteiger partial charge in [0.05, 0.1) is 30.2 Å². The van der Waals surface area contributed by atoms with Crippen molar-refractivity contribution >= 4 is 58.9 Å². The largest absolute Gasteiger partial charge is 0.487 e. The summed E-state index contributed by atoms with van der Waals surface area (Å²) >= 11 is 0. The number of likely N-dealkylation sites (N-methyl/N-ethyl adjacent to an activating group) is 1. The standard InChI is InChI=1S/C20H23N3O6.C20H27N3O6.C2H6/c24-16-5-4-15(20(28)21-16)23-14-3-1-2-13(19(14)29-11-17(23)25)12-6-8-22(9-7-12)10-18(26)27;1-21-18(25)16(6-3-12-24)23-11-13-29-17-14(4-2-5-15(17)23)22-9-7-20(28,8-10-22)19(26)27;1-2/h1-3,12,15H,4-11H2,(H,26,27)(H,21,24,28);2,4-5,12,16,28H,3,6-11,13H2,1H3,(H,21,25)(H,26,27);1-2H3. The summed E-state index contributed by atoms with van der Waals surface area (Å²) < 4.78 is 11.7. The second-order valence-corrected chi connectivity index (χ2v) is 15.0. The van der Waals surface area contributed by atoms with Crippen LogP contribution in [0, 0.1) is 0 Å². The van der Waals surface area contributed by atoms with E-state index in [4.69, 9.17) is 14.6 Å². The van der Waals surface area contributed by atoms with Gasteiger partial charge in [-0.3, -0.25) is 39.1 Å². The van der Waals surface area contributed by atoms with Crippen molar-refractivity contribution in [2.75, 3.05) is 74.2 Å². The Morgan fingerprint density at radius 3 is 2.22 bits per heavy atom. The number of carbonyl (C=O) groups excluding carboxylic acids is 5. The van der Waals surface area contributed by atoms with Gasteiger partial charge in [0.1, 0.15) is 30.7 Å². The van der Waals surface area contributed by atoms with Gasteiger partial charge >= 0.3 is 11.9 Å². The van der Waals surface area contributed by atoms with Gasteiger partial charge in [0.15, 0.2) is 18.0 Å². The molecule has 18 heteroatoms. The molecule has 18 nitrogen and oxygen atoms in total. The zero-order chi connectivity index (χ0) is 43.6. The number of fused-ring (bicyclic) bond motifs is 2. The molecule has 0 bridgehead atoms. The van der Waals surface area contributed by atoms with E-state index >= 15 is 0 Å². The number of likely N-dealkylation sites (tertiary alicyclic amines) is 1. The van der Waals surface area contributed by atoms with E-state index in [0.717, 1.165) is 36.1 Å². The molecule has 5 N–H and O–H groups in total. The summed E-state index contributed by atoms with van der Waals surface area (Å²) in [5, 5.41) is 33.4. The first kappa shape index (κ1) is 45.3. The highest BCUT2D eigenvalue weighted by Crippen LogP contribution is 2.44. The molecule has 0 aromatic heterocycles. The Balaban J connectivity index is 0.000000219. The molecule has 60 heavy (non-hydrogen) atoms. The summed E-state index contributed by atoms with van der Waals surface area (Å²) in [6, 6.07) is 10.0. The molecule has 3 saturated heterocycles. The maximum atomic E-state index is 12.6. The van der Waals surface area contributed by atoms with Crippen molar-refractivity contribution in [1.29, 1.82) is 0 Å². The number of aldehydes is 1. The van der Waals surface area contributed by atoms with Gasteiger partial charge in [0.25, 0.3) is 5.91 Å². The predicted molar refractivity (Wildman–Crippen MR) is 219 cm³/mol. The molecule has 2 aromatic rings. The molecule has 2 atom stereocenters. The van der Waals surface area contributed by atoms with Crippen LogP contribution >= 0.6 is 0 Å². The molecule has 0 radical (unpaired) electrons. The van der Waals surface area contributed by atoms with Gasteiger partial charge < -0.3 is 44.7 Å². The second kappa shape index (κ2) is 20.5. The van der Waals surface area contributed by atoms with Crippen LogP contribution in [0.1, 0.15) is 76.7 Å². The summed E-state index contributed by atoms with van der Waals surface area (Å²) in [6.07, 6.45) is 3.80. The number of benzene rings is 2. The van der Waals surface area contributed by atoms with Crippen molar-refractivity contribution in [1.82, 2.24) is 15.5 Å². The Morgan fingerprint density at radius 1 is 0.917 bits per heavy atom. The number of nitrogens with one attached hydrogen (secondary N) is 2. The number of nitrogens with zero attached hydrogens (tertiary/aromatic N) is 4. The average molecular weight is 837 g/mol. The first-order valence-corrected chi connectivity index (χ1v) is 20.6. The van der Waals surface area contributed by atoms with Crippen LogP contribution in [0.25, 0.3) is 0 Å². The Bertz CT molecular complexity index is 1910. The average Bonchev–Trinajstić information content (AvgIpc) is 3.25. The third-order valence-corrected chi connectivity index (χ3v) is 11.5. The topological polar surface area (TPSA) is 236 Å². The number of ether oxygens (including phenoxy) is 2. The van der Waals surface area contributed by atoms with Crippen LogP contribution < -0.4 is 34.8 Å². The van der Waals surface area contributed by atoms with Crippen molar-refractivity contribution in [3.8, 4) is 11.5 Å². The molecule has 0 spiro atoms. The Labute approximate surface area is 348 Å². The number of amides is 4. The van der Waals surface area contributed by atoms with Crippen LogP contribution in [0.5, 0.6) is 11.5 Å². The summed E-state index contributed by atoms with van der Waals surface area (Å²) in [4.78, 5) is 89.3. The van der Waals surface area contributed by atoms with Crippen LogP contribution in [-0.4, -0.2) is 139 Å². The van der Waals surface area contributed by atoms with Crippen LogP contribution in [0.2, 0.25) is 0 Å². The summed E-state index contributed by atoms with van der Waals surface area (Å²) in [7, 11) is 1.57. The summed E-state index contributed by atoms with van der Waals surface area (Å²) in [5.41, 5.74) is 1.42. The molecule has 7 rings (SSSR count). The fraction of sp³-hybridized carbons (Fsp3) is 0.548. The molecular formula is C42H56N6O12. The monoisotopic (exact) mass is 836 g/mol. The number of rotatable bonds is 11. The first-order chi connectivity index (χ1) is 28.8. The maximum absolute atomic E-state index is 12.6.